The van der Waals surface area contributed by atoms with Gasteiger partial charge in [0.25, 0.3) is 0 Å². The Hall–Kier alpha value is -1.38. The Bertz CT molecular complexity index is 427. The molecule has 0 aromatic heterocycles. The second kappa shape index (κ2) is 8.72. The van der Waals surface area contributed by atoms with Gasteiger partial charge in [-0.3, -0.25) is 4.79 Å². The van der Waals surface area contributed by atoms with Crippen molar-refractivity contribution in [1.29, 1.82) is 0 Å². The summed E-state index contributed by atoms with van der Waals surface area (Å²) in [5.41, 5.74) is 0.700. The highest BCUT2D eigenvalue weighted by Gasteiger charge is 2.09. The van der Waals surface area contributed by atoms with Gasteiger partial charge in [-0.15, -0.1) is 0 Å². The van der Waals surface area contributed by atoms with E-state index in [1.807, 2.05) is 26.8 Å². The van der Waals surface area contributed by atoms with Gasteiger partial charge in [-0.05, 0) is 37.8 Å². The Kier molecular flexibility index (Phi) is 7.27. The zero-order valence-electron chi connectivity index (χ0n) is 12.7. The van der Waals surface area contributed by atoms with Crippen LogP contribution in [0.5, 0.6) is 5.75 Å². The first kappa shape index (κ1) is 16.7. The number of hydrogen-bond donors (Lipinski definition) is 0. The predicted octanol–water partition coefficient (Wildman–Crippen LogP) is 4.55. The average molecular weight is 280 g/mol. The minimum atomic E-state index is -0.243. The third-order valence-electron chi connectivity index (χ3n) is 3.36. The van der Waals surface area contributed by atoms with Crippen LogP contribution in [0.3, 0.4) is 0 Å². The Morgan fingerprint density at radius 3 is 2.65 bits per heavy atom. The molecular weight excluding hydrogens is 255 g/mol. The standard InChI is InChI=1S/C17H25FO2/c1-4-20-16-12-8-10-14(17(16)18)9-6-5-7-11-15(19)13(2)3/h8,10,12-13H,4-7,9,11H2,1-3H3. The molecule has 0 saturated heterocycles. The summed E-state index contributed by atoms with van der Waals surface area (Å²) >= 11 is 0. The van der Waals surface area contributed by atoms with Gasteiger partial charge >= 0.3 is 0 Å². The van der Waals surface area contributed by atoms with Gasteiger partial charge in [0.2, 0.25) is 0 Å². The fourth-order valence-corrected chi connectivity index (χ4v) is 2.10. The molecule has 20 heavy (non-hydrogen) atoms. The lowest BCUT2D eigenvalue weighted by atomic mass is 10.0. The van der Waals surface area contributed by atoms with Crippen molar-refractivity contribution in [2.45, 2.75) is 52.9 Å². The highest BCUT2D eigenvalue weighted by atomic mass is 19.1. The molecule has 0 saturated carbocycles. The average Bonchev–Trinajstić information content (AvgIpc) is 2.42. The maximum atomic E-state index is 14.0. The van der Waals surface area contributed by atoms with E-state index in [0.29, 0.717) is 36.5 Å². The fraction of sp³-hybridized carbons (Fsp3) is 0.588. The minimum Gasteiger partial charge on any atom is -0.491 e. The zero-order valence-corrected chi connectivity index (χ0v) is 12.7. The topological polar surface area (TPSA) is 26.3 Å². The number of carbonyl (C=O) groups is 1. The molecular formula is C17H25FO2. The summed E-state index contributed by atoms with van der Waals surface area (Å²) in [5.74, 6) is 0.525. The Labute approximate surface area is 121 Å². The molecule has 0 aliphatic carbocycles. The van der Waals surface area contributed by atoms with Crippen molar-refractivity contribution in [3.8, 4) is 5.75 Å². The molecule has 0 spiro atoms. The van der Waals surface area contributed by atoms with Crippen LogP contribution in [0, 0.1) is 11.7 Å². The van der Waals surface area contributed by atoms with Crippen LogP contribution in [-0.4, -0.2) is 12.4 Å². The van der Waals surface area contributed by atoms with Gasteiger partial charge in [-0.2, -0.15) is 0 Å². The van der Waals surface area contributed by atoms with Gasteiger partial charge in [0.15, 0.2) is 11.6 Å². The molecule has 1 aromatic rings. The Balaban J connectivity index is 2.35. The van der Waals surface area contributed by atoms with Crippen LogP contribution in [0.15, 0.2) is 18.2 Å². The molecule has 2 nitrogen and oxygen atoms in total. The van der Waals surface area contributed by atoms with Gasteiger partial charge in [0.05, 0.1) is 6.61 Å². The number of hydrogen-bond acceptors (Lipinski definition) is 2. The van der Waals surface area contributed by atoms with Crippen molar-refractivity contribution in [2.75, 3.05) is 6.61 Å². The molecule has 0 aliphatic heterocycles. The summed E-state index contributed by atoms with van der Waals surface area (Å²) in [4.78, 5) is 11.5. The third kappa shape index (κ3) is 5.32. The summed E-state index contributed by atoms with van der Waals surface area (Å²) in [6.07, 6.45) is 4.08. The number of rotatable bonds is 9. The van der Waals surface area contributed by atoms with E-state index in [-0.39, 0.29) is 11.7 Å². The number of halogens is 1. The van der Waals surface area contributed by atoms with Gasteiger partial charge in [-0.1, -0.05) is 32.4 Å². The number of benzene rings is 1. The molecule has 3 heteroatoms. The van der Waals surface area contributed by atoms with Gasteiger partial charge in [0, 0.05) is 12.3 Å². The molecule has 0 aliphatic rings. The highest BCUT2D eigenvalue weighted by molar-refractivity contribution is 5.80. The molecule has 0 radical (unpaired) electrons. The highest BCUT2D eigenvalue weighted by Crippen LogP contribution is 2.22. The van der Waals surface area contributed by atoms with Crippen molar-refractivity contribution < 1.29 is 13.9 Å². The largest absolute Gasteiger partial charge is 0.491 e. The van der Waals surface area contributed by atoms with Crippen LogP contribution < -0.4 is 4.74 Å². The number of ketones is 1. The second-order valence-corrected chi connectivity index (χ2v) is 5.34. The summed E-state index contributed by atoms with van der Waals surface area (Å²) < 4.78 is 19.3. The van der Waals surface area contributed by atoms with E-state index >= 15 is 0 Å². The Morgan fingerprint density at radius 2 is 2.00 bits per heavy atom. The van der Waals surface area contributed by atoms with E-state index in [1.54, 1.807) is 12.1 Å². The second-order valence-electron chi connectivity index (χ2n) is 5.34. The van der Waals surface area contributed by atoms with E-state index in [1.165, 1.54) is 0 Å². The van der Waals surface area contributed by atoms with E-state index in [0.717, 1.165) is 19.3 Å². The predicted molar refractivity (Wildman–Crippen MR) is 79.6 cm³/mol. The molecule has 1 rings (SSSR count). The number of carbonyl (C=O) groups excluding carboxylic acids is 1. The van der Waals surface area contributed by atoms with Gasteiger partial charge < -0.3 is 4.74 Å². The maximum absolute atomic E-state index is 14.0. The molecule has 0 N–H and O–H groups in total. The molecule has 0 fully saturated rings. The summed E-state index contributed by atoms with van der Waals surface area (Å²) in [5, 5.41) is 0. The van der Waals surface area contributed by atoms with Crippen LogP contribution in [0.2, 0.25) is 0 Å². The van der Waals surface area contributed by atoms with Crippen molar-refractivity contribution in [2.24, 2.45) is 5.92 Å². The number of aryl methyl sites for hydroxylation is 1. The third-order valence-corrected chi connectivity index (χ3v) is 3.36. The van der Waals surface area contributed by atoms with E-state index in [9.17, 15) is 9.18 Å². The number of ether oxygens (including phenoxy) is 1. The smallest absolute Gasteiger partial charge is 0.168 e. The SMILES string of the molecule is CCOc1cccc(CCCCCC(=O)C(C)C)c1F. The maximum Gasteiger partial charge on any atom is 0.168 e. The lowest BCUT2D eigenvalue weighted by Crippen LogP contribution is -2.06. The Morgan fingerprint density at radius 1 is 1.25 bits per heavy atom. The van der Waals surface area contributed by atoms with Gasteiger partial charge in [-0.25, -0.2) is 4.39 Å². The molecule has 112 valence electrons. The first-order chi connectivity index (χ1) is 9.56. The van der Waals surface area contributed by atoms with E-state index in [4.69, 9.17) is 4.74 Å². The molecule has 0 amide bonds. The number of Topliss-reactive ketones (excluding diaryl/α,β-unsaturated/α-hetero) is 1. The molecule has 0 atom stereocenters. The molecule has 0 heterocycles. The molecule has 1 aromatic carbocycles. The number of unbranched alkanes of at least 4 members (excludes halogenated alkanes) is 2. The quantitative estimate of drug-likeness (QED) is 0.620. The van der Waals surface area contributed by atoms with Crippen LogP contribution in [0.1, 0.15) is 52.0 Å². The normalized spacial score (nSPS) is 10.8. The van der Waals surface area contributed by atoms with E-state index < -0.39 is 0 Å². The van der Waals surface area contributed by atoms with Crippen LogP contribution in [-0.2, 0) is 11.2 Å². The first-order valence-corrected chi connectivity index (χ1v) is 7.49. The van der Waals surface area contributed by atoms with Crippen LogP contribution in [0.25, 0.3) is 0 Å². The summed E-state index contributed by atoms with van der Waals surface area (Å²) in [7, 11) is 0. The minimum absolute atomic E-state index is 0.121. The summed E-state index contributed by atoms with van der Waals surface area (Å²) in [6, 6.07) is 5.28. The van der Waals surface area contributed by atoms with Crippen molar-refractivity contribution >= 4 is 5.78 Å². The van der Waals surface area contributed by atoms with Gasteiger partial charge in [0.1, 0.15) is 5.78 Å². The van der Waals surface area contributed by atoms with Crippen molar-refractivity contribution in [1.82, 2.24) is 0 Å². The monoisotopic (exact) mass is 280 g/mol. The molecule has 0 bridgehead atoms. The zero-order chi connectivity index (χ0) is 15.0. The van der Waals surface area contributed by atoms with Crippen LogP contribution in [0.4, 0.5) is 4.39 Å². The molecule has 0 unspecified atom stereocenters. The lowest BCUT2D eigenvalue weighted by Gasteiger charge is -2.09. The first-order valence-electron chi connectivity index (χ1n) is 7.49. The lowest BCUT2D eigenvalue weighted by molar-refractivity contribution is -0.122. The van der Waals surface area contributed by atoms with E-state index in [2.05, 4.69) is 0 Å². The van der Waals surface area contributed by atoms with Crippen molar-refractivity contribution in [3.63, 3.8) is 0 Å². The fourth-order valence-electron chi connectivity index (χ4n) is 2.10. The summed E-state index contributed by atoms with van der Waals surface area (Å²) in [6.45, 7) is 6.17. The van der Waals surface area contributed by atoms with Crippen LogP contribution >= 0.6 is 0 Å². The van der Waals surface area contributed by atoms with Crippen molar-refractivity contribution in [3.05, 3.63) is 29.6 Å².